The molecule has 0 amide bonds. The molecule has 9 aromatic carbocycles. The minimum atomic E-state index is -0.138. The molecule has 0 fully saturated rings. The second-order valence-electron chi connectivity index (χ2n) is 16.3. The second-order valence-corrected chi connectivity index (χ2v) is 17.3. The van der Waals surface area contributed by atoms with Crippen molar-refractivity contribution in [3.8, 4) is 44.5 Å². The molecule has 0 N–H and O–H groups in total. The minimum Gasteiger partial charge on any atom is -0.135 e. The maximum atomic E-state index is 2.49. The summed E-state index contributed by atoms with van der Waals surface area (Å²) in [6.45, 7) is 4.85. The van der Waals surface area contributed by atoms with Crippen LogP contribution < -0.4 is 10.4 Å². The first-order valence-electron chi connectivity index (χ1n) is 19.9. The lowest BCUT2D eigenvalue weighted by Crippen LogP contribution is -2.31. The summed E-state index contributed by atoms with van der Waals surface area (Å²) in [5, 5.41) is 13.4. The first-order chi connectivity index (χ1) is 27.5. The van der Waals surface area contributed by atoms with Gasteiger partial charge in [0, 0.05) is 25.6 Å². The summed E-state index contributed by atoms with van der Waals surface area (Å²) in [5.41, 5.74) is 13.2. The Balaban J connectivity index is 1.00. The summed E-state index contributed by atoms with van der Waals surface area (Å²) in [6, 6.07) is 59.6. The molecule has 0 nitrogen and oxygen atoms in total. The number of benzene rings is 9. The molecular formula is C55H38S. The van der Waals surface area contributed by atoms with Gasteiger partial charge in [0.25, 0.3) is 0 Å². The number of hydrogen-bond acceptors (Lipinski definition) is 1. The molecule has 0 radical (unpaired) electrons. The summed E-state index contributed by atoms with van der Waals surface area (Å²) in [6.07, 6.45) is 7.08. The van der Waals surface area contributed by atoms with Crippen LogP contribution in [-0.2, 0) is 5.41 Å². The highest BCUT2D eigenvalue weighted by atomic mass is 32.1. The first-order valence-corrected chi connectivity index (χ1v) is 20.7. The number of rotatable bonds is 3. The van der Waals surface area contributed by atoms with Crippen LogP contribution in [0.2, 0.25) is 0 Å². The van der Waals surface area contributed by atoms with Crippen LogP contribution in [0.5, 0.6) is 0 Å². The van der Waals surface area contributed by atoms with Gasteiger partial charge in [-0.2, -0.15) is 0 Å². The van der Waals surface area contributed by atoms with Crippen LogP contribution in [0.4, 0.5) is 0 Å². The molecule has 0 unspecified atom stereocenters. The maximum Gasteiger partial charge on any atom is 0.0433 e. The van der Waals surface area contributed by atoms with Crippen molar-refractivity contribution in [2.75, 3.05) is 0 Å². The summed E-state index contributed by atoms with van der Waals surface area (Å²) >= 11 is 1.92. The molecule has 1 heterocycles. The number of hydrogen-bond donors (Lipinski definition) is 0. The lowest BCUT2D eigenvalue weighted by molar-refractivity contribution is 0.666. The molecule has 12 rings (SSSR count). The summed E-state index contributed by atoms with van der Waals surface area (Å²) in [5.74, 6) is 0. The van der Waals surface area contributed by atoms with Crippen molar-refractivity contribution < 1.29 is 0 Å². The van der Waals surface area contributed by atoms with E-state index in [-0.39, 0.29) is 5.41 Å². The Labute approximate surface area is 330 Å². The molecule has 56 heavy (non-hydrogen) atoms. The quantitative estimate of drug-likeness (QED) is 0.170. The van der Waals surface area contributed by atoms with E-state index in [1.807, 2.05) is 11.3 Å². The molecule has 2 aliphatic rings. The van der Waals surface area contributed by atoms with Crippen molar-refractivity contribution in [1.82, 2.24) is 0 Å². The van der Waals surface area contributed by atoms with Gasteiger partial charge in [0.2, 0.25) is 0 Å². The average molecular weight is 731 g/mol. The van der Waals surface area contributed by atoms with Gasteiger partial charge < -0.3 is 0 Å². The van der Waals surface area contributed by atoms with Crippen LogP contribution in [0, 0.1) is 0 Å². The molecule has 1 heteroatoms. The van der Waals surface area contributed by atoms with Gasteiger partial charge in [0.15, 0.2) is 0 Å². The van der Waals surface area contributed by atoms with E-state index in [0.717, 1.165) is 12.8 Å². The largest absolute Gasteiger partial charge is 0.135 e. The highest BCUT2D eigenvalue weighted by Crippen LogP contribution is 2.53. The van der Waals surface area contributed by atoms with E-state index < -0.39 is 0 Å². The smallest absolute Gasteiger partial charge is 0.0433 e. The van der Waals surface area contributed by atoms with E-state index >= 15 is 0 Å². The Kier molecular flexibility index (Phi) is 6.78. The zero-order valence-electron chi connectivity index (χ0n) is 31.5. The zero-order chi connectivity index (χ0) is 37.1. The van der Waals surface area contributed by atoms with Gasteiger partial charge in [0.05, 0.1) is 0 Å². The summed E-state index contributed by atoms with van der Waals surface area (Å²) in [7, 11) is 0. The fraction of sp³-hybridized carbons (Fsp3) is 0.0909. The molecule has 0 aliphatic heterocycles. The highest BCUT2D eigenvalue weighted by molar-refractivity contribution is 7.26. The van der Waals surface area contributed by atoms with Gasteiger partial charge in [0.1, 0.15) is 0 Å². The van der Waals surface area contributed by atoms with Crippen molar-refractivity contribution in [2.24, 2.45) is 0 Å². The molecule has 0 saturated heterocycles. The minimum absolute atomic E-state index is 0.138. The van der Waals surface area contributed by atoms with Gasteiger partial charge in [-0.15, -0.1) is 11.3 Å². The Hall–Kier alpha value is -6.28. The third kappa shape index (κ3) is 4.53. The first kappa shape index (κ1) is 32.0. The lowest BCUT2D eigenvalue weighted by atomic mass is 9.79. The van der Waals surface area contributed by atoms with Crippen molar-refractivity contribution in [2.45, 2.75) is 32.1 Å². The average Bonchev–Trinajstić information content (AvgIpc) is 3.74. The van der Waals surface area contributed by atoms with Crippen LogP contribution >= 0.6 is 11.3 Å². The maximum absolute atomic E-state index is 2.49. The summed E-state index contributed by atoms with van der Waals surface area (Å²) in [4.78, 5) is 0. The Morgan fingerprint density at radius 3 is 1.82 bits per heavy atom. The fourth-order valence-corrected chi connectivity index (χ4v) is 11.5. The number of fused-ring (bicyclic) bond motifs is 12. The van der Waals surface area contributed by atoms with Crippen molar-refractivity contribution in [3.05, 3.63) is 179 Å². The van der Waals surface area contributed by atoms with E-state index in [9.17, 15) is 0 Å². The summed E-state index contributed by atoms with van der Waals surface area (Å²) < 4.78 is 2.75. The van der Waals surface area contributed by atoms with Gasteiger partial charge in [-0.25, -0.2) is 0 Å². The third-order valence-electron chi connectivity index (χ3n) is 12.8. The molecule has 264 valence electrons. The van der Waals surface area contributed by atoms with Gasteiger partial charge >= 0.3 is 0 Å². The van der Waals surface area contributed by atoms with Crippen molar-refractivity contribution in [1.29, 1.82) is 0 Å². The van der Waals surface area contributed by atoms with Crippen LogP contribution in [0.15, 0.2) is 158 Å². The molecule has 0 atom stereocenters. The zero-order valence-corrected chi connectivity index (χ0v) is 32.3. The predicted molar refractivity (Wildman–Crippen MR) is 243 cm³/mol. The van der Waals surface area contributed by atoms with E-state index in [0.29, 0.717) is 0 Å². The predicted octanol–water partition coefficient (Wildman–Crippen LogP) is 14.2. The molecule has 0 spiro atoms. The van der Waals surface area contributed by atoms with E-state index in [2.05, 4.69) is 184 Å². The van der Waals surface area contributed by atoms with Crippen molar-refractivity contribution in [3.63, 3.8) is 0 Å². The van der Waals surface area contributed by atoms with Crippen LogP contribution in [0.3, 0.4) is 0 Å². The molecule has 1 aromatic heterocycles. The van der Waals surface area contributed by atoms with Gasteiger partial charge in [-0.1, -0.05) is 159 Å². The Morgan fingerprint density at radius 1 is 0.429 bits per heavy atom. The fourth-order valence-electron chi connectivity index (χ4n) is 10.3. The SMILES string of the molecule is CC1(C)c2cc(-c3cccc(-c4c5c(c(-c6ccc7ccccc7c6)c6ccccc46)=CCCC=5)c3)ccc2-c2ccc3c(ccc4c5ccccc5sc34)c21. The topological polar surface area (TPSA) is 0 Å². The molecule has 0 saturated carbocycles. The molecular weight excluding hydrogens is 693 g/mol. The number of thiophene rings is 1. The lowest BCUT2D eigenvalue weighted by Gasteiger charge is -2.24. The van der Waals surface area contributed by atoms with Crippen LogP contribution in [0.25, 0.3) is 109 Å². The second kappa shape index (κ2) is 11.9. The van der Waals surface area contributed by atoms with E-state index in [1.165, 1.54) is 119 Å². The van der Waals surface area contributed by atoms with E-state index in [4.69, 9.17) is 0 Å². The molecule has 2 aliphatic carbocycles. The highest BCUT2D eigenvalue weighted by Gasteiger charge is 2.37. The third-order valence-corrected chi connectivity index (χ3v) is 14.0. The van der Waals surface area contributed by atoms with Crippen LogP contribution in [-0.4, -0.2) is 0 Å². The Morgan fingerprint density at radius 2 is 1.02 bits per heavy atom. The molecule has 10 aromatic rings. The van der Waals surface area contributed by atoms with Gasteiger partial charge in [-0.05, 0) is 135 Å². The normalized spacial score (nSPS) is 14.2. The van der Waals surface area contributed by atoms with Crippen LogP contribution in [0.1, 0.15) is 37.8 Å². The standard InChI is InChI=1S/C55H38S/c1-55(2)49-32-36(24-25-39(49)45-26-29-48-46(53(45)55)27-28-47-40-16-9-10-21-50(40)56-54(47)48)35-14-11-15-37(31-35)51-41-17-5-7-19-43(41)52(44-20-8-6-18-42(44)51)38-23-22-33-12-3-4-13-34(33)30-38/h3-5,7,9-32H,6,8H2,1-2H3. The Bertz CT molecular complexity index is 3450. The monoisotopic (exact) mass is 730 g/mol. The van der Waals surface area contributed by atoms with Gasteiger partial charge in [-0.3, -0.25) is 0 Å². The molecule has 0 bridgehead atoms. The van der Waals surface area contributed by atoms with E-state index in [1.54, 1.807) is 0 Å². The van der Waals surface area contributed by atoms with Crippen molar-refractivity contribution >= 4 is 76.0 Å².